The molecule has 26 nitrogen and oxygen atoms in total. The molecule has 0 fully saturated rings. The van der Waals surface area contributed by atoms with Crippen molar-refractivity contribution in [3.05, 3.63) is 182 Å². The summed E-state index contributed by atoms with van der Waals surface area (Å²) in [4.78, 5) is 27.3. The van der Waals surface area contributed by atoms with E-state index in [1.165, 1.54) is 0 Å². The fourth-order valence-electron chi connectivity index (χ4n) is 9.56. The smallest absolute Gasteiger partial charge is 0.221 e. The molecule has 0 radical (unpaired) electrons. The van der Waals surface area contributed by atoms with Crippen molar-refractivity contribution in [2.45, 2.75) is 52.7 Å². The highest BCUT2D eigenvalue weighted by molar-refractivity contribution is 5.72. The van der Waals surface area contributed by atoms with Crippen molar-refractivity contribution >= 4 is 50.4 Å². The van der Waals surface area contributed by atoms with Crippen LogP contribution in [0, 0.1) is 0 Å². The number of aromatic nitrogens is 24. The lowest BCUT2D eigenvalue weighted by Gasteiger charge is -2.05. The van der Waals surface area contributed by atoms with Crippen LogP contribution in [0.5, 0.6) is 0 Å². The Hall–Kier alpha value is -10.7. The Kier molecular flexibility index (Phi) is 13.7. The lowest BCUT2D eigenvalue weighted by Crippen LogP contribution is -2.04. The average molecular weight is 1090 g/mol. The summed E-state index contributed by atoms with van der Waals surface area (Å²) in [6.45, 7) is 5.72. The van der Waals surface area contributed by atoms with Gasteiger partial charge in [0.1, 0.15) is 0 Å². The Morgan fingerprint density at radius 1 is 0.500 bits per heavy atom. The van der Waals surface area contributed by atoms with Gasteiger partial charge in [0.25, 0.3) is 0 Å². The van der Waals surface area contributed by atoms with Gasteiger partial charge in [0.05, 0.1) is 99.2 Å². The highest BCUT2D eigenvalue weighted by Crippen LogP contribution is 2.23. The predicted octanol–water partition coefficient (Wildman–Crippen LogP) is 6.24. The molecule has 82 heavy (non-hydrogen) atoms. The van der Waals surface area contributed by atoms with Gasteiger partial charge in [0.15, 0.2) is 16.9 Å². The van der Waals surface area contributed by atoms with Gasteiger partial charge < -0.3 is 23.0 Å². The molecular formula is C56H52N24O2. The fraction of sp³-hybridized carbons (Fsp3) is 0.196. The first-order valence-electron chi connectivity index (χ1n) is 26.3. The van der Waals surface area contributed by atoms with E-state index in [2.05, 4.69) is 147 Å². The maximum Gasteiger partial charge on any atom is 0.221 e. The van der Waals surface area contributed by atoms with Crippen LogP contribution in [0.4, 0.5) is 0 Å². The maximum absolute atomic E-state index is 9.07. The van der Waals surface area contributed by atoms with E-state index in [0.29, 0.717) is 72.4 Å². The third kappa shape index (κ3) is 10.5. The predicted molar refractivity (Wildman–Crippen MR) is 302 cm³/mol. The number of rotatable bonds is 15. The number of hydrogen-bond acceptors (Lipinski definition) is 17. The van der Waals surface area contributed by atoms with Crippen LogP contribution in [0.3, 0.4) is 0 Å². The van der Waals surface area contributed by atoms with Crippen LogP contribution in [0.25, 0.3) is 84.2 Å². The molecule has 1 N–H and O–H groups in total. The summed E-state index contributed by atoms with van der Waals surface area (Å²) < 4.78 is 22.2. The van der Waals surface area contributed by atoms with Crippen LogP contribution in [-0.2, 0) is 51.1 Å². The standard InChI is InChI=1S/C20H20N8O2.C19H18N8.C17H14N8/c1-30-13-15-3-5-26-4-2-14(8-18(15)26)11-28-20-19(24-25-28)21-10-17(23-20)16-9-22-27(12-16)6-7-29;1-2-7-26-13-15(9-21-26)17-10-20-18-19(22-17)27(24-23-18)12-14-5-6-16-4-3-8-25(16)11-14;1-23-11-13(7-19-23)15-8-18-16-17(20-15)25(22-21-16)10-12-4-5-14-3-2-6-24(14)9-12/h2-5,8-10,12,29H,6-7,11,13H2,1H3;3-6,8-11,13H,2,7,12H2,1H3;2-9,11H,10H2,1H3. The molecule has 15 rings (SSSR count). The minimum atomic E-state index is 0.0284. The van der Waals surface area contributed by atoms with Crippen molar-refractivity contribution in [2.24, 2.45) is 7.05 Å². The first-order chi connectivity index (χ1) is 40.3. The maximum atomic E-state index is 9.07. The third-order valence-corrected chi connectivity index (χ3v) is 13.6. The van der Waals surface area contributed by atoms with Gasteiger partial charge in [-0.3, -0.25) is 14.0 Å². The number of methoxy groups -OCH3 is 1. The van der Waals surface area contributed by atoms with Crippen LogP contribution < -0.4 is 0 Å². The van der Waals surface area contributed by atoms with Crippen LogP contribution in [0.2, 0.25) is 0 Å². The molecule has 15 aromatic rings. The zero-order chi connectivity index (χ0) is 55.5. The molecule has 15 heterocycles. The molecule has 0 saturated carbocycles. The van der Waals surface area contributed by atoms with Gasteiger partial charge >= 0.3 is 0 Å². The molecule has 0 aromatic carbocycles. The van der Waals surface area contributed by atoms with E-state index in [1.807, 2.05) is 79.5 Å². The molecule has 0 unspecified atom stereocenters. The van der Waals surface area contributed by atoms with E-state index in [9.17, 15) is 0 Å². The number of pyridine rings is 3. The number of hydrogen-bond donors (Lipinski definition) is 1. The van der Waals surface area contributed by atoms with Crippen LogP contribution in [-0.4, -0.2) is 136 Å². The Balaban J connectivity index is 0.000000116. The van der Waals surface area contributed by atoms with E-state index in [-0.39, 0.29) is 6.61 Å². The second kappa shape index (κ2) is 22.2. The second-order valence-corrected chi connectivity index (χ2v) is 19.4. The molecular weight excluding hydrogens is 1040 g/mol. The first kappa shape index (κ1) is 50.8. The van der Waals surface area contributed by atoms with Crippen LogP contribution >= 0.6 is 0 Å². The minimum absolute atomic E-state index is 0.0284. The average Bonchev–Trinajstić information content (AvgIpc) is 4.37. The van der Waals surface area contributed by atoms with E-state index in [0.717, 1.165) is 79.8 Å². The summed E-state index contributed by atoms with van der Waals surface area (Å²) in [5, 5.41) is 47.0. The number of aliphatic hydroxyl groups excluding tert-OH is 1. The highest BCUT2D eigenvalue weighted by Gasteiger charge is 2.16. The largest absolute Gasteiger partial charge is 0.394 e. The van der Waals surface area contributed by atoms with Gasteiger partial charge in [0, 0.05) is 110 Å². The van der Waals surface area contributed by atoms with Gasteiger partial charge in [-0.2, -0.15) is 15.3 Å². The van der Waals surface area contributed by atoms with E-state index >= 15 is 0 Å². The van der Waals surface area contributed by atoms with Gasteiger partial charge in [0.2, 0.25) is 16.9 Å². The Morgan fingerprint density at radius 3 is 1.50 bits per heavy atom. The molecule has 15 aromatic heterocycles. The van der Waals surface area contributed by atoms with Crippen molar-refractivity contribution < 1.29 is 9.84 Å². The third-order valence-electron chi connectivity index (χ3n) is 13.6. The van der Waals surface area contributed by atoms with Gasteiger partial charge in [-0.15, -0.1) is 15.3 Å². The zero-order valence-corrected chi connectivity index (χ0v) is 44.8. The Morgan fingerprint density at radius 2 is 1.00 bits per heavy atom. The lowest BCUT2D eigenvalue weighted by molar-refractivity contribution is 0.186. The van der Waals surface area contributed by atoms with E-state index in [4.69, 9.17) is 19.8 Å². The van der Waals surface area contributed by atoms with Crippen molar-refractivity contribution in [1.29, 1.82) is 0 Å². The lowest BCUT2D eigenvalue weighted by atomic mass is 10.2. The molecule has 408 valence electrons. The summed E-state index contributed by atoms with van der Waals surface area (Å²) in [7, 11) is 3.57. The number of nitrogens with zero attached hydrogens (tertiary/aromatic N) is 24. The van der Waals surface area contributed by atoms with Crippen molar-refractivity contribution in [3.63, 3.8) is 0 Å². The highest BCUT2D eigenvalue weighted by atomic mass is 16.5. The zero-order valence-electron chi connectivity index (χ0n) is 44.8. The topological polar surface area (TPSA) is 266 Å². The summed E-state index contributed by atoms with van der Waals surface area (Å²) in [5.41, 5.74) is 16.3. The molecule has 0 aliphatic heterocycles. The van der Waals surface area contributed by atoms with E-state index < -0.39 is 0 Å². The normalized spacial score (nSPS) is 11.6. The van der Waals surface area contributed by atoms with E-state index in [1.54, 1.807) is 61.5 Å². The number of fused-ring (bicyclic) bond motifs is 6. The monoisotopic (exact) mass is 1090 g/mol. The SMILES string of the molecule is CCCn1cc(-c2cnc3nnn(Cc4ccc5cccn5c4)c3n2)cn1.COCc1ccn2ccc(Cn3nnc4ncc(-c5cnn(CCO)c5)nc43)cc12.Cn1cc(-c2cnc3nnn(Cc4ccc5cccn5c4)c3n2)cn1. The quantitative estimate of drug-likeness (QED) is 0.119. The van der Waals surface area contributed by atoms with Gasteiger partial charge in [-0.05, 0) is 77.7 Å². The fourth-order valence-corrected chi connectivity index (χ4v) is 9.56. The van der Waals surface area contributed by atoms with Gasteiger partial charge in [-0.25, -0.2) is 43.9 Å². The Bertz CT molecular complexity index is 4680. The second-order valence-electron chi connectivity index (χ2n) is 19.4. The van der Waals surface area contributed by atoms with Crippen molar-refractivity contribution in [1.82, 2.24) is 117 Å². The molecule has 0 aliphatic rings. The summed E-state index contributed by atoms with van der Waals surface area (Å²) in [5.74, 6) is 0. The van der Waals surface area contributed by atoms with Crippen molar-refractivity contribution in [2.75, 3.05) is 13.7 Å². The molecule has 26 heteroatoms. The van der Waals surface area contributed by atoms with Crippen LogP contribution in [0.1, 0.15) is 35.6 Å². The summed E-state index contributed by atoms with van der Waals surface area (Å²) in [6, 6.07) is 22.8. The molecule has 0 saturated heterocycles. The molecule has 0 atom stereocenters. The molecule has 0 amide bonds. The van der Waals surface area contributed by atoms with Crippen molar-refractivity contribution in [3.8, 4) is 33.8 Å². The molecule has 0 spiro atoms. The number of aryl methyl sites for hydroxylation is 2. The number of aliphatic hydroxyl groups is 1. The number of ether oxygens (including phenoxy) is 1. The summed E-state index contributed by atoms with van der Waals surface area (Å²) in [6.07, 6.45) is 29.4. The van der Waals surface area contributed by atoms with Crippen LogP contribution in [0.15, 0.2) is 160 Å². The molecule has 0 bridgehead atoms. The Labute approximate surface area is 465 Å². The summed E-state index contributed by atoms with van der Waals surface area (Å²) >= 11 is 0. The first-order valence-corrected chi connectivity index (χ1v) is 26.3. The van der Waals surface area contributed by atoms with Gasteiger partial charge in [-0.1, -0.05) is 34.7 Å². The molecule has 0 aliphatic carbocycles. The minimum Gasteiger partial charge on any atom is -0.394 e.